The highest BCUT2D eigenvalue weighted by molar-refractivity contribution is 6.20. The Labute approximate surface area is 161 Å². The normalized spacial score (nSPS) is 27.0. The molecule has 3 heterocycles. The smallest absolute Gasteiger partial charge is 0.331 e. The number of hydrogen-bond donors (Lipinski definition) is 1. The molecule has 0 saturated carbocycles. The summed E-state index contributed by atoms with van der Waals surface area (Å²) in [6.07, 6.45) is 1.48. The summed E-state index contributed by atoms with van der Waals surface area (Å²) in [6.45, 7) is 5.87. The Morgan fingerprint density at radius 2 is 1.96 bits per heavy atom. The number of barbiturate groups is 1. The van der Waals surface area contributed by atoms with Gasteiger partial charge in [0.05, 0.1) is 11.0 Å². The molecule has 28 heavy (non-hydrogen) atoms. The second-order valence-electron chi connectivity index (χ2n) is 8.64. The van der Waals surface area contributed by atoms with Crippen LogP contribution in [0.5, 0.6) is 0 Å². The summed E-state index contributed by atoms with van der Waals surface area (Å²) in [5, 5.41) is 13.6. The molecule has 148 valence electrons. The number of benzene rings is 1. The summed E-state index contributed by atoms with van der Waals surface area (Å²) in [5.41, 5.74) is -0.960. The molecule has 1 spiro atoms. The van der Waals surface area contributed by atoms with Gasteiger partial charge in [-0.2, -0.15) is 0 Å². The lowest BCUT2D eigenvalue weighted by Crippen LogP contribution is -2.73. The number of carbonyl (C=O) groups excluding carboxylic acids is 3. The SMILES string of the molecule is CC(C)(C)N1C(=O)NC(=O)[C@@]2(Cc3cc([N+](=O)[O-])ccc3N3CCC[C@@H]32)C1=O. The predicted molar refractivity (Wildman–Crippen MR) is 99.7 cm³/mol. The van der Waals surface area contributed by atoms with Gasteiger partial charge in [-0.05, 0) is 45.2 Å². The number of nitro groups is 1. The Morgan fingerprint density at radius 1 is 1.25 bits per heavy atom. The molecule has 0 radical (unpaired) electrons. The Balaban J connectivity index is 1.89. The fourth-order valence-corrected chi connectivity index (χ4v) is 4.81. The third-order valence-electron chi connectivity index (χ3n) is 5.96. The lowest BCUT2D eigenvalue weighted by Gasteiger charge is -2.51. The van der Waals surface area contributed by atoms with Crippen LogP contribution in [0.15, 0.2) is 18.2 Å². The number of anilines is 1. The molecule has 9 nitrogen and oxygen atoms in total. The third-order valence-corrected chi connectivity index (χ3v) is 5.96. The van der Waals surface area contributed by atoms with E-state index in [-0.39, 0.29) is 18.2 Å². The molecule has 0 unspecified atom stereocenters. The highest BCUT2D eigenvalue weighted by Gasteiger charge is 2.64. The first-order chi connectivity index (χ1) is 13.1. The van der Waals surface area contributed by atoms with Crippen LogP contribution in [0.3, 0.4) is 0 Å². The van der Waals surface area contributed by atoms with E-state index in [0.29, 0.717) is 18.5 Å². The number of amides is 4. The van der Waals surface area contributed by atoms with Crippen LogP contribution >= 0.6 is 0 Å². The number of hydrogen-bond acceptors (Lipinski definition) is 6. The zero-order valence-electron chi connectivity index (χ0n) is 16.0. The monoisotopic (exact) mass is 386 g/mol. The van der Waals surface area contributed by atoms with Crippen molar-refractivity contribution in [3.8, 4) is 0 Å². The number of nitrogens with zero attached hydrogens (tertiary/aromatic N) is 3. The van der Waals surface area contributed by atoms with Crippen molar-refractivity contribution in [1.82, 2.24) is 10.2 Å². The van der Waals surface area contributed by atoms with Gasteiger partial charge in [0.1, 0.15) is 0 Å². The lowest BCUT2D eigenvalue weighted by molar-refractivity contribution is -0.384. The predicted octanol–water partition coefficient (Wildman–Crippen LogP) is 1.98. The third kappa shape index (κ3) is 2.35. The molecule has 2 saturated heterocycles. The van der Waals surface area contributed by atoms with Crippen molar-refractivity contribution in [2.45, 2.75) is 51.6 Å². The Hall–Kier alpha value is -2.97. The zero-order chi connectivity index (χ0) is 20.4. The number of urea groups is 1. The molecule has 1 aromatic rings. The van der Waals surface area contributed by atoms with E-state index in [4.69, 9.17) is 0 Å². The largest absolute Gasteiger partial charge is 0.367 e. The first kappa shape index (κ1) is 18.4. The molecule has 0 aromatic heterocycles. The summed E-state index contributed by atoms with van der Waals surface area (Å²) in [5.74, 6) is -1.14. The zero-order valence-corrected chi connectivity index (χ0v) is 16.0. The van der Waals surface area contributed by atoms with Crippen LogP contribution in [0, 0.1) is 15.5 Å². The molecule has 4 rings (SSSR count). The minimum Gasteiger partial charge on any atom is -0.367 e. The van der Waals surface area contributed by atoms with Gasteiger partial charge < -0.3 is 4.90 Å². The van der Waals surface area contributed by atoms with Gasteiger partial charge in [-0.3, -0.25) is 29.9 Å². The summed E-state index contributed by atoms with van der Waals surface area (Å²) in [4.78, 5) is 53.0. The summed E-state index contributed by atoms with van der Waals surface area (Å²) < 4.78 is 0. The highest BCUT2D eigenvalue weighted by Crippen LogP contribution is 2.49. The van der Waals surface area contributed by atoms with Crippen LogP contribution in [0.2, 0.25) is 0 Å². The van der Waals surface area contributed by atoms with Gasteiger partial charge in [0.15, 0.2) is 5.41 Å². The van der Waals surface area contributed by atoms with Crippen LogP contribution in [0.1, 0.15) is 39.2 Å². The molecule has 2 atom stereocenters. The summed E-state index contributed by atoms with van der Waals surface area (Å²) >= 11 is 0. The fraction of sp³-hybridized carbons (Fsp3) is 0.526. The molecule has 1 aromatic carbocycles. The number of nitrogens with one attached hydrogen (secondary N) is 1. The maximum Gasteiger partial charge on any atom is 0.331 e. The minimum atomic E-state index is -1.47. The molecule has 1 N–H and O–H groups in total. The Bertz CT molecular complexity index is 921. The van der Waals surface area contributed by atoms with Gasteiger partial charge in [0.25, 0.3) is 5.69 Å². The molecule has 0 bridgehead atoms. The topological polar surface area (TPSA) is 113 Å². The van der Waals surface area contributed by atoms with Crippen LogP contribution in [-0.2, 0) is 16.0 Å². The number of carbonyl (C=O) groups is 3. The van der Waals surface area contributed by atoms with E-state index in [9.17, 15) is 24.5 Å². The fourth-order valence-electron chi connectivity index (χ4n) is 4.81. The Morgan fingerprint density at radius 3 is 2.61 bits per heavy atom. The second kappa shape index (κ2) is 5.76. The number of fused-ring (bicyclic) bond motifs is 4. The molecule has 9 heteroatoms. The first-order valence-electron chi connectivity index (χ1n) is 9.31. The van der Waals surface area contributed by atoms with Gasteiger partial charge >= 0.3 is 6.03 Å². The van der Waals surface area contributed by atoms with E-state index in [2.05, 4.69) is 5.32 Å². The van der Waals surface area contributed by atoms with E-state index in [1.54, 1.807) is 26.8 Å². The van der Waals surface area contributed by atoms with E-state index in [0.717, 1.165) is 17.0 Å². The number of nitro benzene ring substituents is 1. The van der Waals surface area contributed by atoms with Gasteiger partial charge in [-0.1, -0.05) is 0 Å². The number of imide groups is 2. The first-order valence-corrected chi connectivity index (χ1v) is 9.31. The number of rotatable bonds is 1. The summed E-state index contributed by atoms with van der Waals surface area (Å²) in [6, 6.07) is 3.47. The average Bonchev–Trinajstić information content (AvgIpc) is 3.08. The molecule has 3 aliphatic heterocycles. The van der Waals surface area contributed by atoms with Gasteiger partial charge in [-0.15, -0.1) is 0 Å². The van der Waals surface area contributed by atoms with E-state index >= 15 is 0 Å². The highest BCUT2D eigenvalue weighted by atomic mass is 16.6. The van der Waals surface area contributed by atoms with E-state index in [1.165, 1.54) is 12.1 Å². The van der Waals surface area contributed by atoms with E-state index < -0.39 is 33.7 Å². The number of non-ortho nitro benzene ring substituents is 1. The molecule has 3 aliphatic rings. The quantitative estimate of drug-likeness (QED) is 0.449. The van der Waals surface area contributed by atoms with Crippen molar-refractivity contribution in [2.24, 2.45) is 5.41 Å². The maximum absolute atomic E-state index is 13.6. The minimum absolute atomic E-state index is 0.0374. The van der Waals surface area contributed by atoms with Crippen LogP contribution in [-0.4, -0.2) is 45.8 Å². The van der Waals surface area contributed by atoms with Gasteiger partial charge in [0, 0.05) is 36.3 Å². The Kier molecular flexibility index (Phi) is 3.79. The maximum atomic E-state index is 13.6. The average molecular weight is 386 g/mol. The standard InChI is InChI=1S/C19H22N4O5/c1-18(2,3)22-16(25)19(15(24)20-17(22)26)10-11-9-12(23(27)28)6-7-13(11)21-8-4-5-14(19)21/h6-7,9,14H,4-5,8,10H2,1-3H3,(H,20,24,26)/t14-,19+/m1/s1. The molecular formula is C19H22N4O5. The molecular weight excluding hydrogens is 364 g/mol. The molecule has 4 amide bonds. The molecule has 0 aliphatic carbocycles. The van der Waals surface area contributed by atoms with Crippen molar-refractivity contribution in [1.29, 1.82) is 0 Å². The van der Waals surface area contributed by atoms with Crippen molar-refractivity contribution in [3.05, 3.63) is 33.9 Å². The lowest BCUT2D eigenvalue weighted by atomic mass is 9.68. The van der Waals surface area contributed by atoms with Crippen molar-refractivity contribution in [2.75, 3.05) is 11.4 Å². The van der Waals surface area contributed by atoms with Crippen LogP contribution in [0.4, 0.5) is 16.2 Å². The van der Waals surface area contributed by atoms with E-state index in [1.807, 2.05) is 4.90 Å². The molecule has 2 fully saturated rings. The second-order valence-corrected chi connectivity index (χ2v) is 8.64. The van der Waals surface area contributed by atoms with Crippen LogP contribution < -0.4 is 10.2 Å². The van der Waals surface area contributed by atoms with Crippen molar-refractivity contribution in [3.63, 3.8) is 0 Å². The van der Waals surface area contributed by atoms with Crippen LogP contribution in [0.25, 0.3) is 0 Å². The van der Waals surface area contributed by atoms with Gasteiger partial charge in [-0.25, -0.2) is 4.79 Å². The van der Waals surface area contributed by atoms with Gasteiger partial charge in [0.2, 0.25) is 11.8 Å². The summed E-state index contributed by atoms with van der Waals surface area (Å²) in [7, 11) is 0. The van der Waals surface area contributed by atoms with Crippen molar-refractivity contribution >= 4 is 29.2 Å². The van der Waals surface area contributed by atoms with Crippen molar-refractivity contribution < 1.29 is 19.3 Å².